The van der Waals surface area contributed by atoms with Crippen molar-refractivity contribution in [1.82, 2.24) is 0 Å². The zero-order chi connectivity index (χ0) is 8.97. The first-order valence-electron chi connectivity index (χ1n) is 4.09. The monoisotopic (exact) mass is 162 g/mol. The molecule has 12 heavy (non-hydrogen) atoms. The number of hydrogen-bond donors (Lipinski definition) is 1. The fourth-order valence-electron chi connectivity index (χ4n) is 1.17. The van der Waals surface area contributed by atoms with Crippen LogP contribution in [0.5, 0.6) is 0 Å². The summed E-state index contributed by atoms with van der Waals surface area (Å²) in [5.41, 5.74) is 2.14. The van der Waals surface area contributed by atoms with Crippen molar-refractivity contribution in [2.24, 2.45) is 0 Å². The third-order valence-corrected chi connectivity index (χ3v) is 1.82. The van der Waals surface area contributed by atoms with E-state index in [2.05, 4.69) is 6.58 Å². The molecular weight excluding hydrogens is 148 g/mol. The maximum absolute atomic E-state index is 9.57. The minimum absolute atomic E-state index is 0.401. The molecule has 0 saturated carbocycles. The smallest absolute Gasteiger partial charge is 0.0824 e. The van der Waals surface area contributed by atoms with E-state index in [-0.39, 0.29) is 0 Å². The largest absolute Gasteiger partial charge is 0.388 e. The van der Waals surface area contributed by atoms with Gasteiger partial charge in [-0.1, -0.05) is 35.9 Å². The molecule has 0 heterocycles. The summed E-state index contributed by atoms with van der Waals surface area (Å²) in [6.45, 7) is 5.61. The van der Waals surface area contributed by atoms with Gasteiger partial charge in [-0.3, -0.25) is 0 Å². The normalized spacial score (nSPS) is 12.5. The maximum atomic E-state index is 9.57. The summed E-state index contributed by atoms with van der Waals surface area (Å²) in [4.78, 5) is 0. The van der Waals surface area contributed by atoms with Crippen LogP contribution in [0.25, 0.3) is 0 Å². The Labute approximate surface area is 73.4 Å². The highest BCUT2D eigenvalue weighted by molar-refractivity contribution is 5.24. The fourth-order valence-corrected chi connectivity index (χ4v) is 1.17. The molecule has 1 atom stereocenters. The lowest BCUT2D eigenvalue weighted by atomic mass is 10.0. The van der Waals surface area contributed by atoms with Gasteiger partial charge in [0, 0.05) is 0 Å². The molecule has 0 saturated heterocycles. The van der Waals surface area contributed by atoms with E-state index in [1.54, 1.807) is 6.08 Å². The molecule has 0 aliphatic carbocycles. The predicted octanol–water partition coefficient (Wildman–Crippen LogP) is 2.60. The van der Waals surface area contributed by atoms with Crippen LogP contribution in [0, 0.1) is 6.92 Å². The zero-order valence-corrected chi connectivity index (χ0v) is 7.33. The van der Waals surface area contributed by atoms with Gasteiger partial charge in [-0.15, -0.1) is 6.58 Å². The van der Waals surface area contributed by atoms with Crippen LogP contribution in [0.4, 0.5) is 0 Å². The van der Waals surface area contributed by atoms with E-state index in [4.69, 9.17) is 0 Å². The average Bonchev–Trinajstić information content (AvgIpc) is 2.05. The van der Waals surface area contributed by atoms with Crippen molar-refractivity contribution < 1.29 is 5.11 Å². The lowest BCUT2D eigenvalue weighted by Crippen LogP contribution is -1.95. The lowest BCUT2D eigenvalue weighted by molar-refractivity contribution is 0.181. The highest BCUT2D eigenvalue weighted by Crippen LogP contribution is 2.17. The average molecular weight is 162 g/mol. The van der Waals surface area contributed by atoms with Crippen molar-refractivity contribution in [2.45, 2.75) is 19.4 Å². The first-order chi connectivity index (χ1) is 5.74. The van der Waals surface area contributed by atoms with Crippen LogP contribution in [0.15, 0.2) is 36.9 Å². The molecule has 0 unspecified atom stereocenters. The molecule has 0 radical (unpaired) electrons. The van der Waals surface area contributed by atoms with E-state index in [1.165, 1.54) is 5.56 Å². The van der Waals surface area contributed by atoms with Gasteiger partial charge in [0.05, 0.1) is 6.10 Å². The minimum atomic E-state index is -0.401. The molecule has 1 heteroatoms. The summed E-state index contributed by atoms with van der Waals surface area (Å²) in [6, 6.07) is 7.90. The molecule has 0 aliphatic rings. The lowest BCUT2D eigenvalue weighted by Gasteiger charge is -2.08. The highest BCUT2D eigenvalue weighted by Gasteiger charge is 2.03. The molecule has 1 N–H and O–H groups in total. The van der Waals surface area contributed by atoms with E-state index in [0.29, 0.717) is 6.42 Å². The SMILES string of the molecule is C=CC[C@H](O)c1cccc(C)c1. The van der Waals surface area contributed by atoms with Gasteiger partial charge in [0.1, 0.15) is 0 Å². The van der Waals surface area contributed by atoms with Gasteiger partial charge >= 0.3 is 0 Å². The van der Waals surface area contributed by atoms with Crippen LogP contribution >= 0.6 is 0 Å². The summed E-state index contributed by atoms with van der Waals surface area (Å²) in [6.07, 6.45) is 1.94. The Balaban J connectivity index is 2.80. The Morgan fingerprint density at radius 2 is 2.33 bits per heavy atom. The third-order valence-electron chi connectivity index (χ3n) is 1.82. The van der Waals surface area contributed by atoms with Crippen LogP contribution < -0.4 is 0 Å². The van der Waals surface area contributed by atoms with Gasteiger partial charge < -0.3 is 5.11 Å². The number of aliphatic hydroxyl groups is 1. The molecule has 0 bridgehead atoms. The van der Waals surface area contributed by atoms with E-state index in [1.807, 2.05) is 31.2 Å². The van der Waals surface area contributed by atoms with Gasteiger partial charge in [-0.2, -0.15) is 0 Å². The minimum Gasteiger partial charge on any atom is -0.388 e. The molecule has 0 aromatic heterocycles. The summed E-state index contributed by atoms with van der Waals surface area (Å²) < 4.78 is 0. The number of aryl methyl sites for hydroxylation is 1. The Morgan fingerprint density at radius 3 is 2.92 bits per heavy atom. The number of benzene rings is 1. The van der Waals surface area contributed by atoms with Gasteiger partial charge in [-0.05, 0) is 18.9 Å². The van der Waals surface area contributed by atoms with Gasteiger partial charge in [0.25, 0.3) is 0 Å². The number of rotatable bonds is 3. The molecule has 1 rings (SSSR count). The standard InChI is InChI=1S/C11H14O/c1-3-5-11(12)10-7-4-6-9(2)8-10/h3-4,6-8,11-12H,1,5H2,2H3/t11-/m0/s1. The molecule has 1 aromatic rings. The molecule has 1 aromatic carbocycles. The highest BCUT2D eigenvalue weighted by atomic mass is 16.3. The van der Waals surface area contributed by atoms with Crippen molar-refractivity contribution in [1.29, 1.82) is 0 Å². The zero-order valence-electron chi connectivity index (χ0n) is 7.33. The van der Waals surface area contributed by atoms with Crippen LogP contribution in [-0.4, -0.2) is 5.11 Å². The van der Waals surface area contributed by atoms with E-state index < -0.39 is 6.10 Å². The second-order valence-electron chi connectivity index (χ2n) is 2.95. The molecular formula is C11H14O. The Bertz CT molecular complexity index is 265. The first kappa shape index (κ1) is 9.01. The molecule has 0 spiro atoms. The Morgan fingerprint density at radius 1 is 1.58 bits per heavy atom. The number of hydrogen-bond acceptors (Lipinski definition) is 1. The summed E-state index contributed by atoms with van der Waals surface area (Å²) in [5, 5.41) is 9.57. The van der Waals surface area contributed by atoms with E-state index in [9.17, 15) is 5.11 Å². The molecule has 0 fully saturated rings. The number of aliphatic hydroxyl groups excluding tert-OH is 1. The second-order valence-corrected chi connectivity index (χ2v) is 2.95. The third kappa shape index (κ3) is 2.21. The Kier molecular flexibility index (Phi) is 3.06. The summed E-state index contributed by atoms with van der Waals surface area (Å²) in [5.74, 6) is 0. The van der Waals surface area contributed by atoms with Gasteiger partial charge in [0.15, 0.2) is 0 Å². The fraction of sp³-hybridized carbons (Fsp3) is 0.273. The van der Waals surface area contributed by atoms with Crippen LogP contribution in [0.1, 0.15) is 23.7 Å². The molecule has 1 nitrogen and oxygen atoms in total. The Hall–Kier alpha value is -1.08. The van der Waals surface area contributed by atoms with Crippen LogP contribution in [0.2, 0.25) is 0 Å². The second kappa shape index (κ2) is 4.07. The van der Waals surface area contributed by atoms with Crippen LogP contribution in [0.3, 0.4) is 0 Å². The van der Waals surface area contributed by atoms with Gasteiger partial charge in [0.2, 0.25) is 0 Å². The molecule has 64 valence electrons. The predicted molar refractivity (Wildman–Crippen MR) is 51.0 cm³/mol. The summed E-state index contributed by atoms with van der Waals surface area (Å²) >= 11 is 0. The van der Waals surface area contributed by atoms with Crippen molar-refractivity contribution in [2.75, 3.05) is 0 Å². The first-order valence-corrected chi connectivity index (χ1v) is 4.09. The molecule has 0 aliphatic heterocycles. The van der Waals surface area contributed by atoms with Gasteiger partial charge in [-0.25, -0.2) is 0 Å². The molecule has 0 amide bonds. The summed E-state index contributed by atoms with van der Waals surface area (Å²) in [7, 11) is 0. The topological polar surface area (TPSA) is 20.2 Å². The quantitative estimate of drug-likeness (QED) is 0.677. The van der Waals surface area contributed by atoms with Crippen LogP contribution in [-0.2, 0) is 0 Å². The van der Waals surface area contributed by atoms with Crippen molar-refractivity contribution in [3.05, 3.63) is 48.0 Å². The van der Waals surface area contributed by atoms with Crippen molar-refractivity contribution in [3.63, 3.8) is 0 Å². The van der Waals surface area contributed by atoms with Crippen molar-refractivity contribution in [3.8, 4) is 0 Å². The van der Waals surface area contributed by atoms with E-state index >= 15 is 0 Å². The van der Waals surface area contributed by atoms with Crippen molar-refractivity contribution >= 4 is 0 Å². The van der Waals surface area contributed by atoms with E-state index in [0.717, 1.165) is 5.56 Å². The maximum Gasteiger partial charge on any atom is 0.0824 e.